The minimum atomic E-state index is -0.542. The van der Waals surface area contributed by atoms with Gasteiger partial charge >= 0.3 is 12.2 Å². The van der Waals surface area contributed by atoms with E-state index >= 15 is 0 Å². The Kier molecular flexibility index (Phi) is 7.58. The molecule has 0 unspecified atom stereocenters. The minimum Gasteiger partial charge on any atom is -0.410 e. The van der Waals surface area contributed by atoms with Gasteiger partial charge in [0.2, 0.25) is 0 Å². The Morgan fingerprint density at radius 2 is 0.973 bits per heavy atom. The van der Waals surface area contributed by atoms with Gasteiger partial charge in [-0.2, -0.15) is 0 Å². The van der Waals surface area contributed by atoms with Crippen LogP contribution in [0.15, 0.2) is 97.1 Å². The molecular weight excluding hydrogens is 464 g/mol. The van der Waals surface area contributed by atoms with Crippen LogP contribution in [-0.4, -0.2) is 12.2 Å². The van der Waals surface area contributed by atoms with E-state index in [2.05, 4.69) is 24.5 Å². The number of anilines is 2. The predicted molar refractivity (Wildman–Crippen MR) is 147 cm³/mol. The van der Waals surface area contributed by atoms with E-state index in [0.29, 0.717) is 22.9 Å². The third-order valence-electron chi connectivity index (χ3n) is 6.10. The molecule has 0 atom stereocenters. The fourth-order valence-electron chi connectivity index (χ4n) is 3.99. The van der Waals surface area contributed by atoms with Crippen molar-refractivity contribution in [1.29, 1.82) is 0 Å². The van der Waals surface area contributed by atoms with Gasteiger partial charge in [-0.05, 0) is 84.6 Å². The van der Waals surface area contributed by atoms with Crippen LogP contribution >= 0.6 is 0 Å². The summed E-state index contributed by atoms with van der Waals surface area (Å²) in [5.41, 5.74) is 5.23. The van der Waals surface area contributed by atoms with E-state index in [1.807, 2.05) is 86.6 Å². The number of amides is 2. The fourth-order valence-corrected chi connectivity index (χ4v) is 3.99. The van der Waals surface area contributed by atoms with Crippen molar-refractivity contribution in [2.24, 2.45) is 0 Å². The standard InChI is InChI=1S/C31H30N2O4/c1-21-7-5-9-25(19-21)32-29(34)36-27-15-11-23(12-16-27)31(3,4)24-13-17-28(18-14-24)37-30(35)33-26-10-6-8-22(2)20-26/h5-20H,1-4H3,(H,32,34)(H,33,35). The first-order valence-electron chi connectivity index (χ1n) is 12.0. The predicted octanol–water partition coefficient (Wildman–Crippen LogP) is 7.85. The molecule has 37 heavy (non-hydrogen) atoms. The summed E-state index contributed by atoms with van der Waals surface area (Å²) in [6.07, 6.45) is -1.08. The summed E-state index contributed by atoms with van der Waals surface area (Å²) in [6, 6.07) is 29.9. The third kappa shape index (κ3) is 6.76. The van der Waals surface area contributed by atoms with Crippen molar-refractivity contribution < 1.29 is 19.1 Å². The number of nitrogens with one attached hydrogen (secondary N) is 2. The molecule has 0 fully saturated rings. The molecule has 6 heteroatoms. The molecule has 0 aliphatic rings. The molecule has 4 rings (SSSR count). The smallest absolute Gasteiger partial charge is 0.410 e. The Morgan fingerprint density at radius 3 is 1.32 bits per heavy atom. The highest BCUT2D eigenvalue weighted by molar-refractivity contribution is 5.87. The van der Waals surface area contributed by atoms with Crippen molar-refractivity contribution in [3.05, 3.63) is 119 Å². The normalized spacial score (nSPS) is 10.9. The maximum atomic E-state index is 12.2. The maximum absolute atomic E-state index is 12.2. The lowest BCUT2D eigenvalue weighted by Crippen LogP contribution is -2.20. The number of rotatable bonds is 6. The molecule has 2 amide bonds. The van der Waals surface area contributed by atoms with Gasteiger partial charge in [0.05, 0.1) is 0 Å². The average molecular weight is 495 g/mol. The Morgan fingerprint density at radius 1 is 0.595 bits per heavy atom. The summed E-state index contributed by atoms with van der Waals surface area (Å²) in [6.45, 7) is 8.13. The van der Waals surface area contributed by atoms with E-state index in [-0.39, 0.29) is 5.41 Å². The van der Waals surface area contributed by atoms with Gasteiger partial charge in [-0.15, -0.1) is 0 Å². The second-order valence-electron chi connectivity index (χ2n) is 9.44. The maximum Gasteiger partial charge on any atom is 0.417 e. The molecule has 6 nitrogen and oxygen atoms in total. The largest absolute Gasteiger partial charge is 0.417 e. The zero-order chi connectivity index (χ0) is 26.4. The van der Waals surface area contributed by atoms with Crippen molar-refractivity contribution in [2.45, 2.75) is 33.1 Å². The zero-order valence-electron chi connectivity index (χ0n) is 21.4. The highest BCUT2D eigenvalue weighted by Gasteiger charge is 2.23. The molecule has 0 saturated carbocycles. The molecule has 2 N–H and O–H groups in total. The molecule has 0 radical (unpaired) electrons. The number of aryl methyl sites for hydroxylation is 2. The van der Waals surface area contributed by atoms with E-state index in [1.165, 1.54) is 0 Å². The summed E-state index contributed by atoms with van der Waals surface area (Å²) < 4.78 is 10.9. The molecular formula is C31H30N2O4. The van der Waals surface area contributed by atoms with Crippen LogP contribution in [0.1, 0.15) is 36.1 Å². The van der Waals surface area contributed by atoms with Crippen LogP contribution in [0.4, 0.5) is 21.0 Å². The summed E-state index contributed by atoms with van der Waals surface area (Å²) in [5, 5.41) is 5.47. The average Bonchev–Trinajstić information content (AvgIpc) is 2.84. The van der Waals surface area contributed by atoms with Gasteiger partial charge in [0.25, 0.3) is 0 Å². The van der Waals surface area contributed by atoms with E-state index in [1.54, 1.807) is 24.3 Å². The van der Waals surface area contributed by atoms with Crippen LogP contribution in [0.2, 0.25) is 0 Å². The van der Waals surface area contributed by atoms with Crippen LogP contribution in [0.25, 0.3) is 0 Å². The van der Waals surface area contributed by atoms with Crippen molar-refractivity contribution in [2.75, 3.05) is 10.6 Å². The fraction of sp³-hybridized carbons (Fsp3) is 0.161. The summed E-state index contributed by atoms with van der Waals surface area (Å²) in [5.74, 6) is 0.904. The molecule has 0 aliphatic heterocycles. The highest BCUT2D eigenvalue weighted by Crippen LogP contribution is 2.33. The van der Waals surface area contributed by atoms with E-state index in [4.69, 9.17) is 9.47 Å². The van der Waals surface area contributed by atoms with Crippen LogP contribution in [0.5, 0.6) is 11.5 Å². The number of benzene rings is 4. The van der Waals surface area contributed by atoms with Crippen LogP contribution < -0.4 is 20.1 Å². The van der Waals surface area contributed by atoms with Gasteiger partial charge in [-0.1, -0.05) is 62.4 Å². The Balaban J connectivity index is 1.36. The number of hydrogen-bond acceptors (Lipinski definition) is 4. The minimum absolute atomic E-state index is 0.329. The third-order valence-corrected chi connectivity index (χ3v) is 6.10. The summed E-state index contributed by atoms with van der Waals surface area (Å²) >= 11 is 0. The van der Waals surface area contributed by atoms with Gasteiger partial charge in [0, 0.05) is 16.8 Å². The molecule has 0 aromatic heterocycles. The van der Waals surface area contributed by atoms with E-state index in [9.17, 15) is 9.59 Å². The molecule has 0 aliphatic carbocycles. The van der Waals surface area contributed by atoms with Gasteiger partial charge in [0.15, 0.2) is 0 Å². The SMILES string of the molecule is Cc1cccc(NC(=O)Oc2ccc(C(C)(C)c3ccc(OC(=O)Nc4cccc(C)c4)cc3)cc2)c1. The molecule has 0 heterocycles. The van der Waals surface area contributed by atoms with Crippen molar-refractivity contribution in [3.8, 4) is 11.5 Å². The zero-order valence-corrected chi connectivity index (χ0v) is 21.4. The number of carbonyl (C=O) groups is 2. The Bertz CT molecular complexity index is 1290. The highest BCUT2D eigenvalue weighted by atomic mass is 16.6. The molecule has 0 saturated heterocycles. The van der Waals surface area contributed by atoms with Crippen LogP contribution in [-0.2, 0) is 5.41 Å². The van der Waals surface area contributed by atoms with Crippen molar-refractivity contribution in [3.63, 3.8) is 0 Å². The van der Waals surface area contributed by atoms with Crippen LogP contribution in [0.3, 0.4) is 0 Å². The van der Waals surface area contributed by atoms with E-state index < -0.39 is 12.2 Å². The lowest BCUT2D eigenvalue weighted by Gasteiger charge is -2.26. The number of carbonyl (C=O) groups excluding carboxylic acids is 2. The number of ether oxygens (including phenoxy) is 2. The first-order chi connectivity index (χ1) is 17.7. The second kappa shape index (κ2) is 11.0. The number of hydrogen-bond donors (Lipinski definition) is 2. The van der Waals surface area contributed by atoms with E-state index in [0.717, 1.165) is 22.3 Å². The lowest BCUT2D eigenvalue weighted by molar-refractivity contribution is 0.214. The molecule has 0 bridgehead atoms. The van der Waals surface area contributed by atoms with Gasteiger partial charge in [-0.3, -0.25) is 10.6 Å². The van der Waals surface area contributed by atoms with Gasteiger partial charge < -0.3 is 9.47 Å². The van der Waals surface area contributed by atoms with Gasteiger partial charge in [-0.25, -0.2) is 9.59 Å². The topological polar surface area (TPSA) is 76.7 Å². The summed E-state index contributed by atoms with van der Waals surface area (Å²) in [7, 11) is 0. The molecule has 4 aromatic rings. The summed E-state index contributed by atoms with van der Waals surface area (Å²) in [4.78, 5) is 24.5. The Hall–Kier alpha value is -4.58. The molecule has 4 aromatic carbocycles. The monoisotopic (exact) mass is 494 g/mol. The Labute approximate surface area is 217 Å². The molecule has 0 spiro atoms. The van der Waals surface area contributed by atoms with Gasteiger partial charge in [0.1, 0.15) is 11.5 Å². The van der Waals surface area contributed by atoms with Crippen molar-refractivity contribution >= 4 is 23.6 Å². The molecule has 188 valence electrons. The van der Waals surface area contributed by atoms with Crippen molar-refractivity contribution in [1.82, 2.24) is 0 Å². The second-order valence-corrected chi connectivity index (χ2v) is 9.44. The first kappa shape index (κ1) is 25.5. The first-order valence-corrected chi connectivity index (χ1v) is 12.0. The van der Waals surface area contributed by atoms with Crippen LogP contribution in [0, 0.1) is 13.8 Å². The lowest BCUT2D eigenvalue weighted by atomic mass is 9.78. The quantitative estimate of drug-likeness (QED) is 0.286.